The lowest BCUT2D eigenvalue weighted by Gasteiger charge is -2.35. The van der Waals surface area contributed by atoms with Gasteiger partial charge in [-0.3, -0.25) is 4.79 Å². The fourth-order valence-corrected chi connectivity index (χ4v) is 3.07. The molecular weight excluding hydrogens is 290 g/mol. The Morgan fingerprint density at radius 1 is 1.22 bits per heavy atom. The lowest BCUT2D eigenvalue weighted by atomic mass is 10.1. The summed E-state index contributed by atoms with van der Waals surface area (Å²) in [5, 5.41) is 0.939. The van der Waals surface area contributed by atoms with E-state index in [1.54, 1.807) is 0 Å². The second-order valence-corrected chi connectivity index (χ2v) is 5.70. The van der Waals surface area contributed by atoms with E-state index in [0.29, 0.717) is 12.2 Å². The summed E-state index contributed by atoms with van der Waals surface area (Å²) in [4.78, 5) is 20.9. The molecule has 5 heteroatoms. The minimum absolute atomic E-state index is 0.598. The van der Waals surface area contributed by atoms with E-state index < -0.39 is 0 Å². The largest absolute Gasteiger partial charge is 0.492 e. The minimum Gasteiger partial charge on any atom is -0.492 e. The van der Waals surface area contributed by atoms with Crippen LogP contribution in [0.4, 0.5) is 5.82 Å². The van der Waals surface area contributed by atoms with Crippen molar-refractivity contribution in [1.29, 1.82) is 0 Å². The molecule has 0 amide bonds. The molecule has 23 heavy (non-hydrogen) atoms. The zero-order chi connectivity index (χ0) is 16.2. The number of nitrogens with zero attached hydrogens (tertiary/aromatic N) is 3. The third kappa shape index (κ3) is 3.15. The molecule has 0 N–H and O–H groups in total. The molecule has 2 heterocycles. The number of para-hydroxylation sites is 1. The number of ether oxygens (including phenoxy) is 1. The Kier molecular flexibility index (Phi) is 4.76. The monoisotopic (exact) mass is 313 g/mol. The van der Waals surface area contributed by atoms with Crippen molar-refractivity contribution in [3.63, 3.8) is 0 Å². The maximum Gasteiger partial charge on any atom is 0.153 e. The predicted octanol–water partition coefficient (Wildman–Crippen LogP) is 2.59. The van der Waals surface area contributed by atoms with Crippen LogP contribution in [0.1, 0.15) is 24.2 Å². The molecule has 1 fully saturated rings. The van der Waals surface area contributed by atoms with Crippen LogP contribution in [0.15, 0.2) is 24.3 Å². The number of fused-ring (bicyclic) bond motifs is 1. The van der Waals surface area contributed by atoms with E-state index in [4.69, 9.17) is 9.72 Å². The topological polar surface area (TPSA) is 45.7 Å². The highest BCUT2D eigenvalue weighted by Crippen LogP contribution is 2.29. The number of aromatic nitrogens is 1. The Hall–Kier alpha value is -2.14. The highest BCUT2D eigenvalue weighted by molar-refractivity contribution is 5.94. The quantitative estimate of drug-likeness (QED) is 0.794. The molecule has 1 saturated heterocycles. The molecule has 2 aromatic rings. The van der Waals surface area contributed by atoms with Crippen LogP contribution in [-0.4, -0.2) is 55.5 Å². The van der Waals surface area contributed by atoms with Crippen LogP contribution in [0.5, 0.6) is 5.75 Å². The van der Waals surface area contributed by atoms with Crippen molar-refractivity contribution in [3.05, 3.63) is 29.8 Å². The fraction of sp³-hybridized carbons (Fsp3) is 0.444. The first-order valence-corrected chi connectivity index (χ1v) is 8.25. The zero-order valence-electron chi connectivity index (χ0n) is 13.8. The van der Waals surface area contributed by atoms with Gasteiger partial charge in [-0.05, 0) is 25.6 Å². The lowest BCUT2D eigenvalue weighted by molar-refractivity contribution is 0.112. The number of carbonyl (C=O) groups is 1. The van der Waals surface area contributed by atoms with Crippen LogP contribution in [-0.2, 0) is 0 Å². The van der Waals surface area contributed by atoms with E-state index in [9.17, 15) is 4.79 Å². The fourth-order valence-electron chi connectivity index (χ4n) is 3.07. The van der Waals surface area contributed by atoms with Gasteiger partial charge in [0.05, 0.1) is 12.2 Å². The molecule has 1 aromatic heterocycles. The van der Waals surface area contributed by atoms with Crippen molar-refractivity contribution in [1.82, 2.24) is 9.88 Å². The van der Waals surface area contributed by atoms with Crippen molar-refractivity contribution >= 4 is 23.0 Å². The summed E-state index contributed by atoms with van der Waals surface area (Å²) < 4.78 is 5.69. The highest BCUT2D eigenvalue weighted by atomic mass is 16.5. The zero-order valence-corrected chi connectivity index (χ0v) is 13.8. The number of piperazine rings is 1. The van der Waals surface area contributed by atoms with Crippen molar-refractivity contribution in [2.24, 2.45) is 0 Å². The van der Waals surface area contributed by atoms with Gasteiger partial charge in [0.15, 0.2) is 6.29 Å². The molecule has 0 unspecified atom stereocenters. The first-order valence-electron chi connectivity index (χ1n) is 8.25. The lowest BCUT2D eigenvalue weighted by Crippen LogP contribution is -2.46. The number of anilines is 1. The second-order valence-electron chi connectivity index (χ2n) is 5.70. The highest BCUT2D eigenvalue weighted by Gasteiger charge is 2.20. The number of pyridine rings is 1. The Bertz CT molecular complexity index is 694. The molecule has 0 saturated carbocycles. The number of aldehydes is 1. The summed E-state index contributed by atoms with van der Waals surface area (Å²) >= 11 is 0. The summed E-state index contributed by atoms with van der Waals surface area (Å²) in [6.07, 6.45) is 0.904. The molecule has 0 bridgehead atoms. The Balaban J connectivity index is 2.01. The van der Waals surface area contributed by atoms with Gasteiger partial charge in [-0.15, -0.1) is 0 Å². The molecule has 3 rings (SSSR count). The Labute approximate surface area is 136 Å². The Morgan fingerprint density at radius 3 is 2.65 bits per heavy atom. The maximum absolute atomic E-state index is 11.5. The van der Waals surface area contributed by atoms with Crippen molar-refractivity contribution in [2.45, 2.75) is 13.8 Å². The van der Waals surface area contributed by atoms with E-state index in [2.05, 4.69) is 16.7 Å². The Morgan fingerprint density at radius 2 is 2.00 bits per heavy atom. The molecule has 122 valence electrons. The maximum atomic E-state index is 11.5. The summed E-state index contributed by atoms with van der Waals surface area (Å²) in [5.74, 6) is 1.55. The number of rotatable bonds is 5. The summed E-state index contributed by atoms with van der Waals surface area (Å²) in [6, 6.07) is 7.75. The van der Waals surface area contributed by atoms with Gasteiger partial charge in [0, 0.05) is 31.6 Å². The van der Waals surface area contributed by atoms with E-state index in [1.165, 1.54) is 0 Å². The van der Waals surface area contributed by atoms with E-state index >= 15 is 0 Å². The van der Waals surface area contributed by atoms with Crippen LogP contribution < -0.4 is 9.64 Å². The molecular formula is C18H23N3O2. The third-order valence-corrected chi connectivity index (χ3v) is 4.36. The molecule has 1 aromatic carbocycles. The van der Waals surface area contributed by atoms with Gasteiger partial charge < -0.3 is 14.5 Å². The van der Waals surface area contributed by atoms with Gasteiger partial charge in [0.1, 0.15) is 17.1 Å². The summed E-state index contributed by atoms with van der Waals surface area (Å²) in [7, 11) is 0. The number of hydrogen-bond acceptors (Lipinski definition) is 5. The predicted molar refractivity (Wildman–Crippen MR) is 92.6 cm³/mol. The normalized spacial score (nSPS) is 15.8. The molecule has 1 aliphatic heterocycles. The smallest absolute Gasteiger partial charge is 0.153 e. The van der Waals surface area contributed by atoms with Crippen LogP contribution in [0.3, 0.4) is 0 Å². The van der Waals surface area contributed by atoms with Crippen LogP contribution >= 0.6 is 0 Å². The number of hydrogen-bond donors (Lipinski definition) is 0. The number of likely N-dealkylation sites (N-methyl/N-ethyl adjacent to an activating group) is 1. The van der Waals surface area contributed by atoms with Gasteiger partial charge in [-0.25, -0.2) is 4.98 Å². The van der Waals surface area contributed by atoms with Crippen molar-refractivity contribution < 1.29 is 9.53 Å². The molecule has 1 aliphatic rings. The van der Waals surface area contributed by atoms with Gasteiger partial charge in [0.25, 0.3) is 0 Å². The van der Waals surface area contributed by atoms with Crippen molar-refractivity contribution in [2.75, 3.05) is 44.2 Å². The summed E-state index contributed by atoms with van der Waals surface area (Å²) in [6.45, 7) is 9.59. The molecule has 0 radical (unpaired) electrons. The van der Waals surface area contributed by atoms with Gasteiger partial charge in [-0.2, -0.15) is 0 Å². The van der Waals surface area contributed by atoms with Crippen LogP contribution in [0, 0.1) is 0 Å². The van der Waals surface area contributed by atoms with Crippen LogP contribution in [0.2, 0.25) is 0 Å². The SMILES string of the molecule is CCOc1cccc2cc(C=O)c(N3CCN(CC)CC3)nc12. The molecule has 5 nitrogen and oxygen atoms in total. The van der Waals surface area contributed by atoms with Gasteiger partial charge in [0.2, 0.25) is 0 Å². The number of carbonyl (C=O) groups excluding carboxylic acids is 1. The van der Waals surface area contributed by atoms with Crippen molar-refractivity contribution in [3.8, 4) is 5.75 Å². The first kappa shape index (κ1) is 15.7. The minimum atomic E-state index is 0.598. The molecule has 0 atom stereocenters. The first-order chi connectivity index (χ1) is 11.3. The molecule has 0 spiro atoms. The van der Waals surface area contributed by atoms with Crippen LogP contribution in [0.25, 0.3) is 10.9 Å². The summed E-state index contributed by atoms with van der Waals surface area (Å²) in [5.41, 5.74) is 1.48. The van der Waals surface area contributed by atoms with E-state index in [0.717, 1.165) is 61.5 Å². The van der Waals surface area contributed by atoms with Gasteiger partial charge in [-0.1, -0.05) is 19.1 Å². The third-order valence-electron chi connectivity index (χ3n) is 4.36. The molecule has 0 aliphatic carbocycles. The average molecular weight is 313 g/mol. The average Bonchev–Trinajstić information content (AvgIpc) is 2.61. The van der Waals surface area contributed by atoms with Gasteiger partial charge >= 0.3 is 0 Å². The number of benzene rings is 1. The van der Waals surface area contributed by atoms with E-state index in [1.807, 2.05) is 31.2 Å². The standard InChI is InChI=1S/C18H23N3O2/c1-3-20-8-10-21(11-9-20)18-15(13-22)12-14-6-5-7-16(23-4-2)17(14)19-18/h5-7,12-13H,3-4,8-11H2,1-2H3. The van der Waals surface area contributed by atoms with E-state index in [-0.39, 0.29) is 0 Å². The second kappa shape index (κ2) is 6.96.